The fourth-order valence-corrected chi connectivity index (χ4v) is 4.72. The monoisotopic (exact) mass is 524 g/mol. The number of pyridine rings is 1. The predicted octanol–water partition coefficient (Wildman–Crippen LogP) is 6.25. The lowest BCUT2D eigenvalue weighted by atomic mass is 9.72. The number of fused-ring (bicyclic) bond motifs is 1. The summed E-state index contributed by atoms with van der Waals surface area (Å²) in [6.07, 6.45) is -4.65. The Hall–Kier alpha value is -2.58. The number of hydrogen-bond acceptors (Lipinski definition) is 5. The molecule has 9 heteroatoms. The van der Waals surface area contributed by atoms with Gasteiger partial charge < -0.3 is 15.6 Å². The Morgan fingerprint density at radius 3 is 2.47 bits per heavy atom. The number of ether oxygens (including phenoxy) is 1. The molecule has 0 bridgehead atoms. The minimum absolute atomic E-state index is 0.186. The number of hydrogen-bond donors (Lipinski definition) is 2. The van der Waals surface area contributed by atoms with Crippen molar-refractivity contribution >= 4 is 23.5 Å². The highest BCUT2D eigenvalue weighted by Gasteiger charge is 2.56. The highest BCUT2D eigenvalue weighted by Crippen LogP contribution is 2.48. The molecule has 5 nitrogen and oxygen atoms in total. The van der Waals surface area contributed by atoms with E-state index in [4.69, 9.17) is 22.1 Å². The first kappa shape index (κ1) is 28.0. The summed E-state index contributed by atoms with van der Waals surface area (Å²) >= 11 is 6.23. The van der Waals surface area contributed by atoms with E-state index in [-0.39, 0.29) is 22.9 Å². The van der Waals surface area contributed by atoms with E-state index in [9.17, 15) is 23.1 Å². The van der Waals surface area contributed by atoms with Gasteiger partial charge in [-0.25, -0.2) is 4.98 Å². The van der Waals surface area contributed by atoms with Crippen LogP contribution in [0.2, 0.25) is 5.02 Å². The molecular weight excluding hydrogens is 493 g/mol. The van der Waals surface area contributed by atoms with E-state index < -0.39 is 35.4 Å². The Morgan fingerprint density at radius 1 is 1.19 bits per heavy atom. The quantitative estimate of drug-likeness (QED) is 0.418. The van der Waals surface area contributed by atoms with Crippen LogP contribution in [0.4, 0.5) is 13.2 Å². The van der Waals surface area contributed by atoms with Gasteiger partial charge >= 0.3 is 6.18 Å². The lowest BCUT2D eigenvalue weighted by Gasteiger charge is -2.38. The van der Waals surface area contributed by atoms with Gasteiger partial charge in [0.1, 0.15) is 11.4 Å². The van der Waals surface area contributed by atoms with Crippen LogP contribution in [0.15, 0.2) is 36.0 Å². The van der Waals surface area contributed by atoms with Crippen molar-refractivity contribution in [2.24, 2.45) is 11.1 Å². The summed E-state index contributed by atoms with van der Waals surface area (Å²) in [5.41, 5.74) is 2.57. The van der Waals surface area contributed by atoms with Crippen molar-refractivity contribution in [2.45, 2.75) is 71.1 Å². The highest BCUT2D eigenvalue weighted by atomic mass is 35.5. The zero-order chi connectivity index (χ0) is 27.1. The summed E-state index contributed by atoms with van der Waals surface area (Å²) in [5.74, 6) is 0.308. The second-order valence-electron chi connectivity index (χ2n) is 11.1. The first-order chi connectivity index (χ1) is 16.4. The van der Waals surface area contributed by atoms with Crippen molar-refractivity contribution in [1.29, 1.82) is 0 Å². The maximum Gasteiger partial charge on any atom is 0.417 e. The molecule has 1 aliphatic rings. The number of Topliss-reactive ketones (excluding diaryl/α,β-unsaturated/α-hetero) is 1. The van der Waals surface area contributed by atoms with Gasteiger partial charge in [0.2, 0.25) is 0 Å². The summed E-state index contributed by atoms with van der Waals surface area (Å²) in [4.78, 5) is 16.8. The Kier molecular flexibility index (Phi) is 7.55. The number of ketones is 1. The summed E-state index contributed by atoms with van der Waals surface area (Å²) in [6.45, 7) is 8.89. The van der Waals surface area contributed by atoms with E-state index in [0.717, 1.165) is 5.56 Å². The molecule has 3 rings (SSSR count). The minimum Gasteiger partial charge on any atom is -0.493 e. The van der Waals surface area contributed by atoms with Gasteiger partial charge in [0.25, 0.3) is 0 Å². The van der Waals surface area contributed by atoms with E-state index >= 15 is 0 Å². The predicted molar refractivity (Wildman–Crippen MR) is 134 cm³/mol. The van der Waals surface area contributed by atoms with E-state index in [1.807, 2.05) is 0 Å². The second kappa shape index (κ2) is 9.71. The molecule has 0 amide bonds. The van der Waals surface area contributed by atoms with Gasteiger partial charge in [0.15, 0.2) is 11.4 Å². The van der Waals surface area contributed by atoms with Crippen LogP contribution in [-0.2, 0) is 11.8 Å². The van der Waals surface area contributed by atoms with Crippen molar-refractivity contribution in [3.05, 3.63) is 63.6 Å². The van der Waals surface area contributed by atoms with Crippen LogP contribution in [0.3, 0.4) is 0 Å². The summed E-state index contributed by atoms with van der Waals surface area (Å²) in [6, 6.07) is 8.00. The van der Waals surface area contributed by atoms with Gasteiger partial charge in [-0.2, -0.15) is 13.2 Å². The average molecular weight is 525 g/mol. The smallest absolute Gasteiger partial charge is 0.417 e. The van der Waals surface area contributed by atoms with Crippen LogP contribution >= 0.6 is 11.6 Å². The third kappa shape index (κ3) is 6.03. The fourth-order valence-electron chi connectivity index (χ4n) is 4.48. The molecular formula is C27H32ClF3N2O3. The largest absolute Gasteiger partial charge is 0.493 e. The van der Waals surface area contributed by atoms with Gasteiger partial charge in [-0.3, -0.25) is 4.79 Å². The number of carbonyl (C=O) groups is 1. The lowest BCUT2D eigenvalue weighted by Crippen LogP contribution is -2.50. The normalized spacial score (nSPS) is 16.3. The maximum absolute atomic E-state index is 14.3. The number of halogens is 4. The minimum atomic E-state index is -4.97. The van der Waals surface area contributed by atoms with E-state index in [1.54, 1.807) is 58.9 Å². The molecule has 3 N–H and O–H groups in total. The van der Waals surface area contributed by atoms with Crippen LogP contribution in [0, 0.1) is 5.41 Å². The van der Waals surface area contributed by atoms with Gasteiger partial charge in [-0.1, -0.05) is 52.3 Å². The van der Waals surface area contributed by atoms with Gasteiger partial charge in [0.05, 0.1) is 12.3 Å². The maximum atomic E-state index is 14.3. The Morgan fingerprint density at radius 2 is 1.86 bits per heavy atom. The summed E-state index contributed by atoms with van der Waals surface area (Å²) in [7, 11) is 0. The molecule has 1 atom stereocenters. The first-order valence-electron chi connectivity index (χ1n) is 11.7. The number of nitrogens with two attached hydrogens (primary N) is 1. The summed E-state index contributed by atoms with van der Waals surface area (Å²) in [5, 5.41) is 11.4. The molecule has 0 fully saturated rings. The standard InChI is InChI=1S/C27H32ClF3N2O3/c1-24(2,3)23(34)21-8-6-7-19(33-21)13-18(32)14-26(35,27(29,30)31)15-25(4,5)20-12-17(28)11-16-9-10-36-22(16)20/h6-8,11-13,35H,9-10,14-15,32H2,1-5H3/b18-13-. The van der Waals surface area contributed by atoms with Crippen molar-refractivity contribution in [3.8, 4) is 5.75 Å². The molecule has 2 aromatic rings. The molecule has 1 aliphatic heterocycles. The molecule has 2 heterocycles. The molecule has 1 aromatic carbocycles. The first-order valence-corrected chi connectivity index (χ1v) is 12.0. The molecule has 0 spiro atoms. The number of alkyl halides is 3. The Bertz CT molecular complexity index is 1190. The molecule has 36 heavy (non-hydrogen) atoms. The van der Waals surface area contributed by atoms with Crippen LogP contribution in [0.1, 0.15) is 74.8 Å². The molecule has 0 saturated heterocycles. The van der Waals surface area contributed by atoms with Crippen LogP contribution < -0.4 is 10.5 Å². The molecule has 1 aromatic heterocycles. The molecule has 0 aliphatic carbocycles. The zero-order valence-electron chi connectivity index (χ0n) is 21.1. The molecule has 196 valence electrons. The third-order valence-corrected chi connectivity index (χ3v) is 6.47. The SMILES string of the molecule is CC(C)(C)C(=O)c1cccc(/C=C(\N)CC(O)(CC(C)(C)c2cc(Cl)cc3c2OCC3)C(F)(F)F)n1. The van der Waals surface area contributed by atoms with Crippen molar-refractivity contribution in [3.63, 3.8) is 0 Å². The number of benzene rings is 1. The van der Waals surface area contributed by atoms with Crippen molar-refractivity contribution < 1.29 is 27.8 Å². The van der Waals surface area contributed by atoms with Gasteiger partial charge in [-0.15, -0.1) is 0 Å². The fraction of sp³-hybridized carbons (Fsp3) is 0.481. The van der Waals surface area contributed by atoms with Gasteiger partial charge in [-0.05, 0) is 47.7 Å². The van der Waals surface area contributed by atoms with E-state index in [1.165, 1.54) is 12.1 Å². The van der Waals surface area contributed by atoms with Crippen LogP contribution in [0.5, 0.6) is 5.75 Å². The second-order valence-corrected chi connectivity index (χ2v) is 11.5. The lowest BCUT2D eigenvalue weighted by molar-refractivity contribution is -0.266. The molecule has 1 unspecified atom stereocenters. The molecule has 0 saturated carbocycles. The average Bonchev–Trinajstić information content (AvgIpc) is 3.18. The number of rotatable bonds is 7. The Balaban J connectivity index is 1.92. The van der Waals surface area contributed by atoms with Gasteiger partial charge in [0, 0.05) is 34.5 Å². The number of carbonyl (C=O) groups excluding carboxylic acids is 1. The van der Waals surface area contributed by atoms with E-state index in [0.29, 0.717) is 29.4 Å². The van der Waals surface area contributed by atoms with Crippen LogP contribution in [-0.4, -0.2) is 34.3 Å². The summed E-state index contributed by atoms with van der Waals surface area (Å²) < 4.78 is 48.5. The number of aliphatic hydroxyl groups is 1. The van der Waals surface area contributed by atoms with Crippen LogP contribution in [0.25, 0.3) is 6.08 Å². The Labute approximate surface area is 214 Å². The van der Waals surface area contributed by atoms with Crippen molar-refractivity contribution in [1.82, 2.24) is 4.98 Å². The topological polar surface area (TPSA) is 85.4 Å². The number of nitrogens with zero attached hydrogens (tertiary/aromatic N) is 1. The van der Waals surface area contributed by atoms with E-state index in [2.05, 4.69) is 4.98 Å². The molecule has 0 radical (unpaired) electrons. The highest BCUT2D eigenvalue weighted by molar-refractivity contribution is 6.30. The number of aromatic nitrogens is 1. The zero-order valence-corrected chi connectivity index (χ0v) is 21.8. The third-order valence-electron chi connectivity index (χ3n) is 6.25. The van der Waals surface area contributed by atoms with Crippen molar-refractivity contribution in [2.75, 3.05) is 6.61 Å².